The van der Waals surface area contributed by atoms with Crippen molar-refractivity contribution in [3.8, 4) is 0 Å². The molecule has 0 saturated carbocycles. The number of carbonyl (C=O) groups is 3. The lowest BCUT2D eigenvalue weighted by molar-refractivity contribution is -0.145. The number of hydrogen-bond donors (Lipinski definition) is 2. The molecule has 1 fully saturated rings. The number of allylic oxidation sites excluding steroid dienone is 2. The van der Waals surface area contributed by atoms with Gasteiger partial charge in [0.25, 0.3) is 0 Å². The van der Waals surface area contributed by atoms with Crippen LogP contribution in [0.3, 0.4) is 0 Å². The van der Waals surface area contributed by atoms with Crippen molar-refractivity contribution in [3.05, 3.63) is 48.0 Å². The van der Waals surface area contributed by atoms with E-state index in [1.165, 1.54) is 0 Å². The van der Waals surface area contributed by atoms with Gasteiger partial charge in [-0.05, 0) is 50.5 Å². The van der Waals surface area contributed by atoms with Crippen molar-refractivity contribution in [1.29, 1.82) is 0 Å². The first-order chi connectivity index (χ1) is 16.1. The van der Waals surface area contributed by atoms with Crippen LogP contribution in [0.2, 0.25) is 0 Å². The lowest BCUT2D eigenvalue weighted by Crippen LogP contribution is -2.45. The summed E-state index contributed by atoms with van der Waals surface area (Å²) in [5, 5.41) is 12.6. The van der Waals surface area contributed by atoms with Crippen LogP contribution in [-0.2, 0) is 25.5 Å². The molecule has 2 N–H and O–H groups in total. The number of esters is 1. The smallest absolute Gasteiger partial charge is 0.305 e. The molecule has 1 saturated heterocycles. The molecule has 2 heterocycles. The second kappa shape index (κ2) is 13.1. The second-order valence-corrected chi connectivity index (χ2v) is 9.00. The number of rotatable bonds is 5. The summed E-state index contributed by atoms with van der Waals surface area (Å²) < 4.78 is 5.47. The summed E-state index contributed by atoms with van der Waals surface area (Å²) in [4.78, 5) is 40.1. The maximum absolute atomic E-state index is 13.3. The Bertz CT molecular complexity index is 810. The van der Waals surface area contributed by atoms with E-state index in [0.717, 1.165) is 37.7 Å². The van der Waals surface area contributed by atoms with E-state index >= 15 is 0 Å². The van der Waals surface area contributed by atoms with Gasteiger partial charge in [0.05, 0.1) is 24.6 Å². The van der Waals surface area contributed by atoms with Gasteiger partial charge >= 0.3 is 5.97 Å². The zero-order valence-corrected chi connectivity index (χ0v) is 19.3. The summed E-state index contributed by atoms with van der Waals surface area (Å²) in [6, 6.07) is 9.24. The molecule has 0 radical (unpaired) electrons. The SMILES string of the molecule is O=C1CCCCC=CC[C@H](CC(=O)N2CCC[C@H]2CO)C(=O)N[C@H](Cc2ccccc2)CO1. The predicted molar refractivity (Wildman–Crippen MR) is 125 cm³/mol. The Labute approximate surface area is 196 Å². The van der Waals surface area contributed by atoms with Gasteiger partial charge in [0, 0.05) is 19.4 Å². The third-order valence-electron chi connectivity index (χ3n) is 6.41. The lowest BCUT2D eigenvalue weighted by Gasteiger charge is -2.26. The third kappa shape index (κ3) is 8.00. The minimum absolute atomic E-state index is 0.0486. The van der Waals surface area contributed by atoms with E-state index in [0.29, 0.717) is 25.8 Å². The fraction of sp³-hybridized carbons (Fsp3) is 0.577. The summed E-state index contributed by atoms with van der Waals surface area (Å²) >= 11 is 0. The molecular formula is C26H36N2O5. The molecule has 180 valence electrons. The summed E-state index contributed by atoms with van der Waals surface area (Å²) in [5.74, 6) is -1.06. The highest BCUT2D eigenvalue weighted by Gasteiger charge is 2.31. The number of nitrogens with one attached hydrogen (secondary N) is 1. The molecule has 2 aliphatic rings. The molecule has 1 aromatic rings. The third-order valence-corrected chi connectivity index (χ3v) is 6.41. The number of carbonyl (C=O) groups excluding carboxylic acids is 3. The zero-order chi connectivity index (χ0) is 23.5. The first-order valence-corrected chi connectivity index (χ1v) is 12.1. The Balaban J connectivity index is 1.72. The highest BCUT2D eigenvalue weighted by atomic mass is 16.5. The van der Waals surface area contributed by atoms with Gasteiger partial charge in [0.15, 0.2) is 0 Å². The molecule has 0 aromatic heterocycles. The molecule has 2 aliphatic heterocycles. The van der Waals surface area contributed by atoms with Crippen molar-refractivity contribution in [3.63, 3.8) is 0 Å². The summed E-state index contributed by atoms with van der Waals surface area (Å²) in [6.07, 6.45) is 9.62. The van der Waals surface area contributed by atoms with E-state index in [1.807, 2.05) is 42.5 Å². The molecule has 7 heteroatoms. The number of benzene rings is 1. The standard InChI is InChI=1S/C26H36N2O5/c29-18-23-13-9-15-28(23)24(30)17-21-12-7-2-1-3-8-14-25(31)33-19-22(27-26(21)32)16-20-10-5-4-6-11-20/h2,4-7,10-11,21-23,29H,1,3,8-9,12-19H2,(H,27,32)/t21-,22-,23+/m1/s1. The summed E-state index contributed by atoms with van der Waals surface area (Å²) in [7, 11) is 0. The normalized spacial score (nSPS) is 25.2. The number of aliphatic hydroxyl groups is 1. The number of hydrogen-bond acceptors (Lipinski definition) is 5. The highest BCUT2D eigenvalue weighted by molar-refractivity contribution is 5.86. The number of amides is 2. The number of aliphatic hydroxyl groups excluding tert-OH is 1. The molecule has 0 bridgehead atoms. The van der Waals surface area contributed by atoms with E-state index in [4.69, 9.17) is 4.74 Å². The molecule has 0 unspecified atom stereocenters. The van der Waals surface area contributed by atoms with E-state index in [-0.39, 0.29) is 49.5 Å². The van der Waals surface area contributed by atoms with Crippen LogP contribution in [-0.4, -0.2) is 59.6 Å². The van der Waals surface area contributed by atoms with Gasteiger partial charge < -0.3 is 20.1 Å². The average Bonchev–Trinajstić information content (AvgIpc) is 3.30. The predicted octanol–water partition coefficient (Wildman–Crippen LogP) is 2.77. The molecule has 0 aliphatic carbocycles. The first-order valence-electron chi connectivity index (χ1n) is 12.1. The largest absolute Gasteiger partial charge is 0.463 e. The maximum Gasteiger partial charge on any atom is 0.305 e. The molecule has 33 heavy (non-hydrogen) atoms. The molecular weight excluding hydrogens is 420 g/mol. The van der Waals surface area contributed by atoms with Gasteiger partial charge in [-0.3, -0.25) is 14.4 Å². The van der Waals surface area contributed by atoms with Crippen molar-refractivity contribution in [2.75, 3.05) is 19.8 Å². The first kappa shape index (κ1) is 25.0. The minimum atomic E-state index is -0.509. The van der Waals surface area contributed by atoms with Gasteiger partial charge in [-0.2, -0.15) is 0 Å². The Morgan fingerprint density at radius 2 is 1.94 bits per heavy atom. The fourth-order valence-corrected chi connectivity index (χ4v) is 4.51. The van der Waals surface area contributed by atoms with Crippen molar-refractivity contribution >= 4 is 17.8 Å². The van der Waals surface area contributed by atoms with Crippen LogP contribution >= 0.6 is 0 Å². The van der Waals surface area contributed by atoms with Gasteiger partial charge in [0.1, 0.15) is 6.61 Å². The Kier molecular flexibility index (Phi) is 9.94. The van der Waals surface area contributed by atoms with Crippen LogP contribution in [0, 0.1) is 5.92 Å². The van der Waals surface area contributed by atoms with Gasteiger partial charge in [-0.15, -0.1) is 0 Å². The summed E-state index contributed by atoms with van der Waals surface area (Å²) in [5.41, 5.74) is 1.04. The fourth-order valence-electron chi connectivity index (χ4n) is 4.51. The van der Waals surface area contributed by atoms with Crippen molar-refractivity contribution in [1.82, 2.24) is 10.2 Å². The quantitative estimate of drug-likeness (QED) is 0.525. The van der Waals surface area contributed by atoms with Gasteiger partial charge in [-0.25, -0.2) is 0 Å². The van der Waals surface area contributed by atoms with Crippen LogP contribution in [0.5, 0.6) is 0 Å². The zero-order valence-electron chi connectivity index (χ0n) is 19.3. The number of ether oxygens (including phenoxy) is 1. The number of likely N-dealkylation sites (tertiary alicyclic amines) is 1. The monoisotopic (exact) mass is 456 g/mol. The maximum atomic E-state index is 13.3. The molecule has 7 nitrogen and oxygen atoms in total. The van der Waals surface area contributed by atoms with Crippen molar-refractivity contribution < 1.29 is 24.2 Å². The molecule has 0 spiro atoms. The average molecular weight is 457 g/mol. The van der Waals surface area contributed by atoms with E-state index in [9.17, 15) is 19.5 Å². The molecule has 1 aromatic carbocycles. The van der Waals surface area contributed by atoms with Gasteiger partial charge in [-0.1, -0.05) is 42.5 Å². The number of nitrogens with zero attached hydrogens (tertiary/aromatic N) is 1. The molecule has 2 amide bonds. The van der Waals surface area contributed by atoms with E-state index in [1.54, 1.807) is 4.90 Å². The summed E-state index contributed by atoms with van der Waals surface area (Å²) in [6.45, 7) is 0.683. The molecule has 3 rings (SSSR count). The van der Waals surface area contributed by atoms with E-state index < -0.39 is 5.92 Å². The van der Waals surface area contributed by atoms with Crippen LogP contribution in [0.15, 0.2) is 42.5 Å². The van der Waals surface area contributed by atoms with Crippen molar-refractivity contribution in [2.45, 2.75) is 69.9 Å². The van der Waals surface area contributed by atoms with Crippen LogP contribution < -0.4 is 5.32 Å². The highest BCUT2D eigenvalue weighted by Crippen LogP contribution is 2.21. The van der Waals surface area contributed by atoms with Gasteiger partial charge in [0.2, 0.25) is 11.8 Å². The minimum Gasteiger partial charge on any atom is -0.463 e. The van der Waals surface area contributed by atoms with Crippen molar-refractivity contribution in [2.24, 2.45) is 5.92 Å². The Morgan fingerprint density at radius 1 is 1.12 bits per heavy atom. The van der Waals surface area contributed by atoms with Crippen LogP contribution in [0.4, 0.5) is 0 Å². The lowest BCUT2D eigenvalue weighted by atomic mass is 9.97. The van der Waals surface area contributed by atoms with E-state index in [2.05, 4.69) is 5.32 Å². The second-order valence-electron chi connectivity index (χ2n) is 9.00. The van der Waals surface area contributed by atoms with Crippen LogP contribution in [0.25, 0.3) is 0 Å². The Morgan fingerprint density at radius 3 is 2.73 bits per heavy atom. The molecule has 3 atom stereocenters. The Hall–Kier alpha value is -2.67. The van der Waals surface area contributed by atoms with Crippen LogP contribution in [0.1, 0.15) is 56.9 Å². The number of cyclic esters (lactones) is 1. The topological polar surface area (TPSA) is 95.9 Å².